The predicted molar refractivity (Wildman–Crippen MR) is 114 cm³/mol. The van der Waals surface area contributed by atoms with Crippen LogP contribution >= 0.6 is 0 Å². The van der Waals surface area contributed by atoms with Crippen molar-refractivity contribution >= 4 is 22.5 Å². The van der Waals surface area contributed by atoms with Crippen molar-refractivity contribution in [3.05, 3.63) is 64.0 Å². The van der Waals surface area contributed by atoms with E-state index in [2.05, 4.69) is 19.9 Å². The third-order valence-corrected chi connectivity index (χ3v) is 5.37. The first-order valence-electron chi connectivity index (χ1n) is 10.1. The second-order valence-electron chi connectivity index (χ2n) is 7.70. The molecular weight excluding hydrogens is 423 g/mol. The number of guanidine groups is 1. The molecular formula is C21H22F3N7O. The van der Waals surface area contributed by atoms with Gasteiger partial charge in [-0.2, -0.15) is 13.2 Å². The Morgan fingerprint density at radius 2 is 1.75 bits per heavy atom. The Morgan fingerprint density at radius 1 is 1.06 bits per heavy atom. The normalized spacial score (nSPS) is 14.7. The van der Waals surface area contributed by atoms with E-state index in [4.69, 9.17) is 11.5 Å². The number of benzene rings is 1. The molecule has 1 aromatic carbocycles. The average Bonchev–Trinajstić information content (AvgIpc) is 3.24. The van der Waals surface area contributed by atoms with Gasteiger partial charge in [-0.15, -0.1) is 0 Å². The number of rotatable bonds is 5. The van der Waals surface area contributed by atoms with Gasteiger partial charge in [0.15, 0.2) is 5.96 Å². The van der Waals surface area contributed by atoms with Crippen molar-refractivity contribution in [3.8, 4) is 0 Å². The van der Waals surface area contributed by atoms with Crippen LogP contribution in [0.15, 0.2) is 46.4 Å². The van der Waals surface area contributed by atoms with Crippen molar-refractivity contribution in [2.45, 2.75) is 32.1 Å². The van der Waals surface area contributed by atoms with Crippen LogP contribution in [-0.2, 0) is 19.3 Å². The van der Waals surface area contributed by atoms with Gasteiger partial charge in [0.05, 0.1) is 30.0 Å². The molecule has 3 aromatic rings. The summed E-state index contributed by atoms with van der Waals surface area (Å²) in [6.45, 7) is 2.23. The molecule has 1 fully saturated rings. The molecule has 1 aliphatic heterocycles. The number of fused-ring (bicyclic) bond motifs is 1. The largest absolute Gasteiger partial charge is 0.416 e. The van der Waals surface area contributed by atoms with Gasteiger partial charge in [-0.25, -0.2) is 15.0 Å². The zero-order chi connectivity index (χ0) is 22.9. The highest BCUT2D eigenvalue weighted by Gasteiger charge is 2.31. The van der Waals surface area contributed by atoms with Crippen LogP contribution in [0.25, 0.3) is 10.9 Å². The summed E-state index contributed by atoms with van der Waals surface area (Å²) in [5, 5.41) is 0.599. The number of aromatic nitrogens is 3. The molecule has 1 aliphatic rings. The highest BCUT2D eigenvalue weighted by molar-refractivity contribution is 5.83. The minimum absolute atomic E-state index is 0.0945. The van der Waals surface area contributed by atoms with Crippen LogP contribution in [0.2, 0.25) is 0 Å². The van der Waals surface area contributed by atoms with E-state index >= 15 is 0 Å². The van der Waals surface area contributed by atoms with Crippen LogP contribution in [0.3, 0.4) is 0 Å². The Bertz CT molecular complexity index is 1210. The summed E-state index contributed by atoms with van der Waals surface area (Å²) in [4.78, 5) is 27.2. The number of nitrogens with zero attached hydrogens (tertiary/aromatic N) is 5. The summed E-state index contributed by atoms with van der Waals surface area (Å²) >= 11 is 0. The summed E-state index contributed by atoms with van der Waals surface area (Å²) in [6, 6.07) is 4.98. The molecule has 4 N–H and O–H groups in total. The lowest BCUT2D eigenvalue weighted by Gasteiger charge is -2.19. The highest BCUT2D eigenvalue weighted by atomic mass is 19.4. The van der Waals surface area contributed by atoms with E-state index in [0.29, 0.717) is 23.2 Å². The molecule has 4 rings (SSSR count). The fraction of sp³-hybridized carbons (Fsp3) is 0.333. The van der Waals surface area contributed by atoms with Gasteiger partial charge >= 0.3 is 6.18 Å². The number of pyridine rings is 1. The first-order valence-corrected chi connectivity index (χ1v) is 10.1. The zero-order valence-corrected chi connectivity index (χ0v) is 17.1. The van der Waals surface area contributed by atoms with E-state index in [1.165, 1.54) is 29.1 Å². The van der Waals surface area contributed by atoms with E-state index in [1.807, 2.05) is 0 Å². The van der Waals surface area contributed by atoms with Gasteiger partial charge in [0, 0.05) is 18.0 Å². The van der Waals surface area contributed by atoms with Gasteiger partial charge in [0.2, 0.25) is 0 Å². The number of halogens is 3. The number of hydrogen-bond acceptors (Lipinski definition) is 5. The maximum Gasteiger partial charge on any atom is 0.416 e. The molecule has 2 aromatic heterocycles. The SMILES string of the molecule is NC(N)=Nc1cnc(Cn2c(=O)cc(CN3CCCC3)c3ccc(C(F)(F)F)cc32)nc1. The molecule has 168 valence electrons. The van der Waals surface area contributed by atoms with E-state index in [9.17, 15) is 18.0 Å². The summed E-state index contributed by atoms with van der Waals surface area (Å²) in [5.41, 5.74) is 10.6. The molecule has 0 unspecified atom stereocenters. The van der Waals surface area contributed by atoms with Crippen molar-refractivity contribution in [1.82, 2.24) is 19.4 Å². The van der Waals surface area contributed by atoms with Crippen LogP contribution in [0.1, 0.15) is 29.8 Å². The second kappa shape index (κ2) is 8.58. The summed E-state index contributed by atoms with van der Waals surface area (Å²) in [7, 11) is 0. The molecule has 3 heterocycles. The van der Waals surface area contributed by atoms with Crippen molar-refractivity contribution in [1.29, 1.82) is 0 Å². The molecule has 1 saturated heterocycles. The van der Waals surface area contributed by atoms with Gasteiger partial charge in [0.1, 0.15) is 11.5 Å². The van der Waals surface area contributed by atoms with Gasteiger partial charge < -0.3 is 16.0 Å². The second-order valence-corrected chi connectivity index (χ2v) is 7.70. The Kier molecular flexibility index (Phi) is 5.83. The van der Waals surface area contributed by atoms with E-state index in [1.54, 1.807) is 0 Å². The average molecular weight is 445 g/mol. The van der Waals surface area contributed by atoms with Gasteiger partial charge in [-0.1, -0.05) is 6.07 Å². The van der Waals surface area contributed by atoms with Crippen LogP contribution in [0.5, 0.6) is 0 Å². The molecule has 0 bridgehead atoms. The minimum Gasteiger partial charge on any atom is -0.370 e. The maximum atomic E-state index is 13.4. The Hall–Kier alpha value is -3.47. The van der Waals surface area contributed by atoms with Crippen LogP contribution in [0, 0.1) is 0 Å². The number of hydrogen-bond donors (Lipinski definition) is 2. The smallest absolute Gasteiger partial charge is 0.370 e. The highest BCUT2D eigenvalue weighted by Crippen LogP contribution is 2.32. The van der Waals surface area contributed by atoms with E-state index in [0.717, 1.165) is 38.1 Å². The van der Waals surface area contributed by atoms with Crippen molar-refractivity contribution in [2.24, 2.45) is 16.5 Å². The Morgan fingerprint density at radius 3 is 2.38 bits per heavy atom. The fourth-order valence-corrected chi connectivity index (χ4v) is 3.88. The van der Waals surface area contributed by atoms with E-state index in [-0.39, 0.29) is 23.8 Å². The number of aliphatic imine (C=N–C) groups is 1. The molecule has 32 heavy (non-hydrogen) atoms. The Balaban J connectivity index is 1.79. The standard InChI is InChI=1S/C21H22F3N7O/c22-21(23,24)14-3-4-16-13(11-30-5-1-2-6-30)7-19(32)31(17(16)8-14)12-18-27-9-15(10-28-18)29-20(25)26/h3-4,7-10H,1-2,5-6,11-12H2,(H4,25,26,29). The fourth-order valence-electron chi connectivity index (χ4n) is 3.88. The summed E-state index contributed by atoms with van der Waals surface area (Å²) in [5.74, 6) is 0.0875. The maximum absolute atomic E-state index is 13.4. The summed E-state index contributed by atoms with van der Waals surface area (Å²) in [6.07, 6.45) is 0.357. The number of alkyl halides is 3. The predicted octanol–water partition coefficient (Wildman–Crippen LogP) is 2.36. The lowest BCUT2D eigenvalue weighted by Crippen LogP contribution is -2.25. The third kappa shape index (κ3) is 4.72. The molecule has 0 aliphatic carbocycles. The van der Waals surface area contributed by atoms with Crippen LogP contribution in [-0.4, -0.2) is 38.5 Å². The molecule has 0 amide bonds. The topological polar surface area (TPSA) is 115 Å². The van der Waals surface area contributed by atoms with Crippen molar-refractivity contribution in [2.75, 3.05) is 13.1 Å². The molecule has 0 spiro atoms. The minimum atomic E-state index is -4.53. The first kappa shape index (κ1) is 21.8. The monoisotopic (exact) mass is 445 g/mol. The summed E-state index contributed by atoms with van der Waals surface area (Å²) < 4.78 is 41.5. The van der Waals surface area contributed by atoms with Crippen molar-refractivity contribution < 1.29 is 13.2 Å². The van der Waals surface area contributed by atoms with Crippen LogP contribution in [0.4, 0.5) is 18.9 Å². The molecule has 0 radical (unpaired) electrons. The molecule has 8 nitrogen and oxygen atoms in total. The lowest BCUT2D eigenvalue weighted by atomic mass is 10.0. The first-order chi connectivity index (χ1) is 15.2. The van der Waals surface area contributed by atoms with Gasteiger partial charge in [-0.05, 0) is 43.6 Å². The van der Waals surface area contributed by atoms with Crippen LogP contribution < -0.4 is 17.0 Å². The third-order valence-electron chi connectivity index (χ3n) is 5.37. The Labute approximate surface area is 181 Å². The quantitative estimate of drug-likeness (QED) is 0.460. The molecule has 0 saturated carbocycles. The van der Waals surface area contributed by atoms with Gasteiger partial charge in [-0.3, -0.25) is 9.69 Å². The molecule has 0 atom stereocenters. The van der Waals surface area contributed by atoms with Gasteiger partial charge in [0.25, 0.3) is 5.56 Å². The van der Waals surface area contributed by atoms with Crippen molar-refractivity contribution in [3.63, 3.8) is 0 Å². The molecule has 11 heteroatoms. The number of nitrogens with two attached hydrogens (primary N) is 2. The lowest BCUT2D eigenvalue weighted by molar-refractivity contribution is -0.137. The zero-order valence-electron chi connectivity index (χ0n) is 17.1. The number of likely N-dealkylation sites (tertiary alicyclic amines) is 1. The van der Waals surface area contributed by atoms with E-state index < -0.39 is 17.3 Å².